The molecular weight excluding hydrogens is 185 g/mol. The van der Waals surface area contributed by atoms with Crippen molar-refractivity contribution in [3.05, 3.63) is 5.92 Å². The van der Waals surface area contributed by atoms with Crippen molar-refractivity contribution in [3.8, 4) is 0 Å². The number of hydrogen-bond acceptors (Lipinski definition) is 0. The Morgan fingerprint density at radius 3 is 1.78 bits per heavy atom. The van der Waals surface area contributed by atoms with Crippen LogP contribution in [-0.2, 0) is 32.7 Å². The fourth-order valence-electron chi connectivity index (χ4n) is 1.41. The number of hydrogen-bond donors (Lipinski definition) is 0. The molecule has 0 N–H and O–H groups in total. The van der Waals surface area contributed by atoms with E-state index in [1.54, 1.807) is 5.92 Å². The van der Waals surface area contributed by atoms with Crippen LogP contribution in [0.5, 0.6) is 0 Å². The van der Waals surface area contributed by atoms with Crippen molar-refractivity contribution in [1.82, 2.24) is 0 Å². The second-order valence-electron chi connectivity index (χ2n) is 3.02. The molecule has 0 aromatic rings. The van der Waals surface area contributed by atoms with Gasteiger partial charge in [0, 0.05) is 0 Å². The third kappa shape index (κ3) is 3.14. The maximum absolute atomic E-state index is 2.31. The maximum Gasteiger partial charge on any atom is 3.00 e. The van der Waals surface area contributed by atoms with E-state index in [4.69, 9.17) is 0 Å². The monoisotopic (exact) mass is 200 g/mol. The van der Waals surface area contributed by atoms with Gasteiger partial charge < -0.3 is 5.92 Å². The van der Waals surface area contributed by atoms with Crippen molar-refractivity contribution in [2.24, 2.45) is 5.92 Å². The minimum atomic E-state index is 0. The average Bonchev–Trinajstić information content (AvgIpc) is 2.12. The van der Waals surface area contributed by atoms with Gasteiger partial charge in [0.1, 0.15) is 0 Å². The zero-order valence-corrected chi connectivity index (χ0v) is 9.32. The molecule has 1 rings (SSSR count). The molecule has 0 radical (unpaired) electrons. The van der Waals surface area contributed by atoms with E-state index in [9.17, 15) is 0 Å². The summed E-state index contributed by atoms with van der Waals surface area (Å²) in [7, 11) is 0. The summed E-state index contributed by atoms with van der Waals surface area (Å²) in [6.07, 6.45) is 5.73. The molecule has 0 nitrogen and oxygen atoms in total. The SMILES string of the molecule is CC(C)[C-]1CCCC1.[Y+3]. The molecule has 0 aliphatic heterocycles. The van der Waals surface area contributed by atoms with Gasteiger partial charge in [-0.3, -0.25) is 0 Å². The van der Waals surface area contributed by atoms with Crippen molar-refractivity contribution < 1.29 is 32.7 Å². The number of rotatable bonds is 1. The fraction of sp³-hybridized carbons (Fsp3) is 0.875. The molecule has 1 saturated carbocycles. The van der Waals surface area contributed by atoms with E-state index in [-0.39, 0.29) is 32.7 Å². The van der Waals surface area contributed by atoms with Crippen molar-refractivity contribution in [2.45, 2.75) is 39.5 Å². The molecule has 1 fully saturated rings. The fourth-order valence-corrected chi connectivity index (χ4v) is 1.41. The topological polar surface area (TPSA) is 0 Å². The third-order valence-corrected chi connectivity index (χ3v) is 2.06. The van der Waals surface area contributed by atoms with Crippen LogP contribution in [-0.4, -0.2) is 0 Å². The molecule has 0 amide bonds. The first-order valence-electron chi connectivity index (χ1n) is 3.65. The Labute approximate surface area is 83.7 Å². The van der Waals surface area contributed by atoms with E-state index < -0.39 is 0 Å². The zero-order chi connectivity index (χ0) is 5.98. The van der Waals surface area contributed by atoms with Gasteiger partial charge in [-0.1, -0.05) is 26.7 Å². The molecule has 0 heterocycles. The van der Waals surface area contributed by atoms with E-state index >= 15 is 0 Å². The smallest absolute Gasteiger partial charge is 0.311 e. The molecular formula is C8H15Y+2. The summed E-state index contributed by atoms with van der Waals surface area (Å²) in [6.45, 7) is 4.61. The average molecular weight is 200 g/mol. The molecule has 0 spiro atoms. The summed E-state index contributed by atoms with van der Waals surface area (Å²) in [5, 5.41) is 0. The first-order valence-corrected chi connectivity index (χ1v) is 3.65. The van der Waals surface area contributed by atoms with Gasteiger partial charge in [-0.15, -0.1) is 0 Å². The Morgan fingerprint density at radius 1 is 1.11 bits per heavy atom. The molecule has 9 heavy (non-hydrogen) atoms. The van der Waals surface area contributed by atoms with Gasteiger partial charge in [0.05, 0.1) is 0 Å². The first kappa shape index (κ1) is 10.1. The van der Waals surface area contributed by atoms with Gasteiger partial charge in [-0.25, -0.2) is 0 Å². The van der Waals surface area contributed by atoms with Crippen LogP contribution in [0.1, 0.15) is 39.5 Å². The Hall–Kier alpha value is 1.10. The largest absolute Gasteiger partial charge is 3.00 e. The molecule has 48 valence electrons. The Morgan fingerprint density at radius 2 is 1.56 bits per heavy atom. The van der Waals surface area contributed by atoms with E-state index in [0.29, 0.717) is 0 Å². The predicted molar refractivity (Wildman–Crippen MR) is 36.5 cm³/mol. The Kier molecular flexibility index (Phi) is 5.44. The molecule has 0 saturated heterocycles. The summed E-state index contributed by atoms with van der Waals surface area (Å²) >= 11 is 0. The van der Waals surface area contributed by atoms with E-state index in [2.05, 4.69) is 13.8 Å². The first-order chi connectivity index (χ1) is 3.80. The standard InChI is InChI=1S/C8H15.Y/c1-7(2)8-5-3-4-6-8;/h7H,3-6H2,1-2H3;/q-1;+3. The van der Waals surface area contributed by atoms with E-state index in [1.807, 2.05) is 0 Å². The molecule has 1 aliphatic carbocycles. The normalized spacial score (nSPS) is 20.3. The minimum Gasteiger partial charge on any atom is -0.311 e. The predicted octanol–water partition coefficient (Wildman–Crippen LogP) is 2.79. The van der Waals surface area contributed by atoms with Gasteiger partial charge in [0.2, 0.25) is 0 Å². The van der Waals surface area contributed by atoms with Gasteiger partial charge in [-0.05, 0) is 0 Å². The summed E-state index contributed by atoms with van der Waals surface area (Å²) in [6, 6.07) is 0. The molecule has 1 heteroatoms. The molecule has 0 aromatic heterocycles. The van der Waals surface area contributed by atoms with Crippen LogP contribution < -0.4 is 0 Å². The van der Waals surface area contributed by atoms with Gasteiger partial charge >= 0.3 is 32.7 Å². The van der Waals surface area contributed by atoms with Crippen molar-refractivity contribution in [2.75, 3.05) is 0 Å². The van der Waals surface area contributed by atoms with E-state index in [0.717, 1.165) is 5.92 Å². The molecule has 0 unspecified atom stereocenters. The Bertz CT molecular complexity index is 63.0. The van der Waals surface area contributed by atoms with Crippen molar-refractivity contribution in [1.29, 1.82) is 0 Å². The van der Waals surface area contributed by atoms with Crippen LogP contribution in [0.2, 0.25) is 0 Å². The third-order valence-electron chi connectivity index (χ3n) is 2.06. The quantitative estimate of drug-likeness (QED) is 0.571. The van der Waals surface area contributed by atoms with E-state index in [1.165, 1.54) is 25.7 Å². The molecule has 0 bridgehead atoms. The summed E-state index contributed by atoms with van der Waals surface area (Å²) in [4.78, 5) is 0. The van der Waals surface area contributed by atoms with Crippen molar-refractivity contribution >= 4 is 0 Å². The summed E-state index contributed by atoms with van der Waals surface area (Å²) < 4.78 is 0. The van der Waals surface area contributed by atoms with Crippen LogP contribution >= 0.6 is 0 Å². The van der Waals surface area contributed by atoms with Crippen molar-refractivity contribution in [3.63, 3.8) is 0 Å². The van der Waals surface area contributed by atoms with Gasteiger partial charge in [0.25, 0.3) is 0 Å². The van der Waals surface area contributed by atoms with Crippen LogP contribution in [0.15, 0.2) is 0 Å². The summed E-state index contributed by atoms with van der Waals surface area (Å²) in [5.41, 5.74) is 0. The minimum absolute atomic E-state index is 0. The Balaban J connectivity index is 0.000000640. The zero-order valence-electron chi connectivity index (χ0n) is 6.48. The maximum atomic E-state index is 2.31. The second-order valence-corrected chi connectivity index (χ2v) is 3.02. The van der Waals surface area contributed by atoms with Crippen LogP contribution in [0, 0.1) is 11.8 Å². The molecule has 1 aliphatic rings. The van der Waals surface area contributed by atoms with Crippen LogP contribution in [0.25, 0.3) is 0 Å². The van der Waals surface area contributed by atoms with Crippen LogP contribution in [0.3, 0.4) is 0 Å². The molecule has 0 atom stereocenters. The molecule has 0 aromatic carbocycles. The summed E-state index contributed by atoms with van der Waals surface area (Å²) in [5.74, 6) is 2.66. The second kappa shape index (κ2) is 4.85. The van der Waals surface area contributed by atoms with Crippen LogP contribution in [0.4, 0.5) is 0 Å². The van der Waals surface area contributed by atoms with Gasteiger partial charge in [-0.2, -0.15) is 18.8 Å². The van der Waals surface area contributed by atoms with Gasteiger partial charge in [0.15, 0.2) is 0 Å².